The molecule has 3 aliphatic rings. The largest absolute Gasteiger partial charge is 2.00 e. The van der Waals surface area contributed by atoms with Crippen LogP contribution >= 0.6 is 47.8 Å². The Kier molecular flexibility index (Phi) is 13.0. The number of carbonyl (C=O) groups is 1. The molecule has 0 unspecified atom stereocenters. The summed E-state index contributed by atoms with van der Waals surface area (Å²) in [4.78, 5) is 37.0. The minimum atomic E-state index is -0.512. The van der Waals surface area contributed by atoms with Crippen LogP contribution in [-0.4, -0.2) is 11.7 Å². The van der Waals surface area contributed by atoms with E-state index in [1.54, 1.807) is 12.1 Å². The molecule has 0 atom stereocenters. The quantitative estimate of drug-likeness (QED) is 0.127. The predicted octanol–water partition coefficient (Wildman–Crippen LogP) is 15.1. The Hall–Kier alpha value is -5.90. The maximum Gasteiger partial charge on any atom is 2.00 e. The Morgan fingerprint density at radius 1 is 0.534 bits per heavy atom. The van der Waals surface area contributed by atoms with Gasteiger partial charge in [0.1, 0.15) is 0 Å². The summed E-state index contributed by atoms with van der Waals surface area (Å²) in [6, 6.07) is 47.8. The fraction of sp³-hybridized carbons (Fsp3) is 0.190. The summed E-state index contributed by atoms with van der Waals surface area (Å²) in [7, 11) is 0. The van der Waals surface area contributed by atoms with Gasteiger partial charge in [-0.2, -0.15) is 0 Å². The molecule has 0 amide bonds. The van der Waals surface area contributed by atoms with Gasteiger partial charge in [-0.1, -0.05) is 221 Å². The Balaban J connectivity index is 0.00000611. The van der Waals surface area contributed by atoms with Crippen LogP contribution in [0, 0.1) is 10.6 Å². The zero-order valence-corrected chi connectivity index (χ0v) is 47.7. The molecular formula is C63H51Br3N4NiO2. The Morgan fingerprint density at radius 3 is 1.68 bits per heavy atom. The molecule has 0 N–H and O–H groups in total. The number of carbonyl (C=O) groups excluding carboxylic acids is 1. The van der Waals surface area contributed by atoms with E-state index in [4.69, 9.17) is 24.7 Å². The van der Waals surface area contributed by atoms with Gasteiger partial charge in [-0.05, 0) is 117 Å². The van der Waals surface area contributed by atoms with Crippen molar-refractivity contribution in [2.75, 3.05) is 0 Å². The number of halogens is 3. The smallest absolute Gasteiger partial charge is 0.657 e. The SMILES string of the molecule is CC(C)(C)c1ccc(C2=C3C=C(Br)C(=N3)C(c3ccc(C(C)(C)C)cc3)=c3ccc([n-]3)=c3c4c(c(-c5ccccc5)c5cc(C(C)(C)C)ccc35)C(OC(=O)c3ccccc3)=C(N=4)c3[n-]c2c(Br)c3Br)cc1.[Ni+2]. The van der Waals surface area contributed by atoms with Gasteiger partial charge in [-0.3, -0.25) is 0 Å². The van der Waals surface area contributed by atoms with E-state index in [9.17, 15) is 4.79 Å². The van der Waals surface area contributed by atoms with E-state index >= 15 is 0 Å². The van der Waals surface area contributed by atoms with Crippen molar-refractivity contribution in [3.63, 3.8) is 0 Å². The average Bonchev–Trinajstić information content (AvgIpc) is 4.14. The van der Waals surface area contributed by atoms with E-state index in [0.717, 1.165) is 75.8 Å². The van der Waals surface area contributed by atoms with Crippen molar-refractivity contribution < 1.29 is 26.0 Å². The van der Waals surface area contributed by atoms with Crippen LogP contribution in [0.2, 0.25) is 0 Å². The van der Waals surface area contributed by atoms with E-state index in [1.807, 2.05) is 36.4 Å². The summed E-state index contributed by atoms with van der Waals surface area (Å²) in [6.07, 6.45) is 2.08. The van der Waals surface area contributed by atoms with Crippen LogP contribution in [0.25, 0.3) is 44.5 Å². The molecular weight excluding hydrogens is 1140 g/mol. The van der Waals surface area contributed by atoms with Crippen molar-refractivity contribution in [2.24, 2.45) is 9.98 Å². The van der Waals surface area contributed by atoms with Crippen LogP contribution in [0.3, 0.4) is 0 Å². The number of allylic oxidation sites excluding steroid dienone is 2. The third-order valence-electron chi connectivity index (χ3n) is 13.8. The van der Waals surface area contributed by atoms with E-state index in [2.05, 4.69) is 207 Å². The van der Waals surface area contributed by atoms with Gasteiger partial charge in [0.05, 0.1) is 33.6 Å². The molecule has 0 spiro atoms. The molecule has 10 heteroatoms. The number of nitrogens with zero attached hydrogens (tertiary/aromatic N) is 4. The number of rotatable bonds is 5. The molecule has 366 valence electrons. The first-order valence-corrected chi connectivity index (χ1v) is 26.5. The number of esters is 1. The molecule has 3 aliphatic heterocycles. The second kappa shape index (κ2) is 18.8. The number of aliphatic imine (C=N–C) groups is 1. The van der Waals surface area contributed by atoms with Crippen molar-refractivity contribution in [3.05, 3.63) is 236 Å². The van der Waals surface area contributed by atoms with Crippen molar-refractivity contribution in [3.8, 4) is 11.1 Å². The Morgan fingerprint density at radius 2 is 1.08 bits per heavy atom. The molecule has 8 aromatic rings. The van der Waals surface area contributed by atoms with Crippen molar-refractivity contribution in [1.29, 1.82) is 0 Å². The second-order valence-electron chi connectivity index (χ2n) is 21.8. The monoisotopic (exact) mass is 1190 g/mol. The fourth-order valence-corrected chi connectivity index (χ4v) is 11.3. The Bertz CT molecular complexity index is 3960. The maximum atomic E-state index is 14.7. The summed E-state index contributed by atoms with van der Waals surface area (Å²) in [5.41, 5.74) is 12.8. The van der Waals surface area contributed by atoms with Crippen molar-refractivity contribution in [2.45, 2.75) is 78.6 Å². The second-order valence-corrected chi connectivity index (χ2v) is 24.2. The summed E-state index contributed by atoms with van der Waals surface area (Å²) >= 11 is 12.1. The minimum absolute atomic E-state index is 0. The first-order chi connectivity index (χ1) is 34.3. The maximum absolute atomic E-state index is 14.7. The summed E-state index contributed by atoms with van der Waals surface area (Å²) < 4.78 is 9.00. The van der Waals surface area contributed by atoms with E-state index in [1.165, 1.54) is 11.1 Å². The van der Waals surface area contributed by atoms with E-state index in [0.29, 0.717) is 54.0 Å². The van der Waals surface area contributed by atoms with Gasteiger partial charge in [0.25, 0.3) is 0 Å². The molecule has 0 fully saturated rings. The first-order valence-electron chi connectivity index (χ1n) is 24.2. The number of ether oxygens (including phenoxy) is 1. The molecule has 6 nitrogen and oxygen atoms in total. The van der Waals surface area contributed by atoms with Crippen molar-refractivity contribution >= 4 is 92.8 Å². The van der Waals surface area contributed by atoms with Gasteiger partial charge in [-0.25, -0.2) is 14.8 Å². The minimum Gasteiger partial charge on any atom is -0.657 e. The number of aromatic nitrogens is 2. The van der Waals surface area contributed by atoms with Gasteiger partial charge in [0, 0.05) is 19.0 Å². The standard InChI is InChI=1S/C63H51Br3N4O2.Ni/c1-61(2,3)38-24-20-35(21-25-38)48-44-30-31-45(67-44)50-41-29-28-40(63(7,8)9)32-42(41)47(34-16-12-10-13-17-34)51-55(50)69-58(59(51)72-60(71)37-18-14-11-15-19-37)57-53(66)52(65)56(70-57)49(46-33-43(64)54(48)68-46)36-22-26-39(27-23-36)62(4,5)6;/h10-33H,1-9H3;/q-2;+2. The number of fused-ring (bicyclic) bond motifs is 9. The van der Waals surface area contributed by atoms with Crippen LogP contribution in [0.15, 0.2) is 175 Å². The number of hydrogen-bond acceptors (Lipinski definition) is 4. The van der Waals surface area contributed by atoms with Gasteiger partial charge in [-0.15, -0.1) is 16.4 Å². The van der Waals surface area contributed by atoms with Gasteiger partial charge in [0.2, 0.25) is 0 Å². The average molecular weight is 1190 g/mol. The van der Waals surface area contributed by atoms with E-state index in [-0.39, 0.29) is 32.7 Å². The summed E-state index contributed by atoms with van der Waals surface area (Å²) in [6.45, 7) is 20.0. The number of hydrogen-bond donors (Lipinski definition) is 0. The van der Waals surface area contributed by atoms with Crippen LogP contribution in [0.5, 0.6) is 0 Å². The Labute approximate surface area is 461 Å². The van der Waals surface area contributed by atoms with Crippen molar-refractivity contribution in [1.82, 2.24) is 9.97 Å². The van der Waals surface area contributed by atoms with E-state index < -0.39 is 5.97 Å². The number of benzene rings is 6. The molecule has 2 aromatic heterocycles. The van der Waals surface area contributed by atoms with Gasteiger partial charge >= 0.3 is 22.5 Å². The molecule has 6 aromatic carbocycles. The third-order valence-corrected chi connectivity index (χ3v) is 16.5. The van der Waals surface area contributed by atoms with Gasteiger partial charge < -0.3 is 14.7 Å². The third kappa shape index (κ3) is 8.96. The molecule has 0 radical (unpaired) electrons. The molecule has 0 aliphatic carbocycles. The first kappa shape index (κ1) is 50.6. The predicted molar refractivity (Wildman–Crippen MR) is 303 cm³/mol. The molecule has 11 rings (SSSR count). The van der Waals surface area contributed by atoms with Crippen LogP contribution in [0.4, 0.5) is 0 Å². The molecule has 73 heavy (non-hydrogen) atoms. The summed E-state index contributed by atoms with van der Waals surface area (Å²) in [5.74, 6) is -0.210. The molecule has 5 heterocycles. The molecule has 8 bridgehead atoms. The molecule has 0 saturated carbocycles. The normalized spacial score (nSPS) is 14.4. The zero-order valence-electron chi connectivity index (χ0n) is 41.9. The van der Waals surface area contributed by atoms with Crippen LogP contribution in [-0.2, 0) is 37.5 Å². The van der Waals surface area contributed by atoms with Gasteiger partial charge in [0.15, 0.2) is 5.76 Å². The summed E-state index contributed by atoms with van der Waals surface area (Å²) in [5, 5.41) is 4.87. The van der Waals surface area contributed by atoms with Crippen LogP contribution < -0.4 is 20.7 Å². The topological polar surface area (TPSA) is 79.2 Å². The zero-order chi connectivity index (χ0) is 50.6. The van der Waals surface area contributed by atoms with Crippen LogP contribution in [0.1, 0.15) is 117 Å². The fourth-order valence-electron chi connectivity index (χ4n) is 9.87. The molecule has 0 saturated heterocycles.